The highest BCUT2D eigenvalue weighted by Gasteiger charge is 2.14. The van der Waals surface area contributed by atoms with E-state index in [-0.39, 0.29) is 0 Å². The summed E-state index contributed by atoms with van der Waals surface area (Å²) in [7, 11) is 1.65. The molecular weight excluding hydrogens is 308 g/mol. The van der Waals surface area contributed by atoms with Gasteiger partial charge in [-0.3, -0.25) is 0 Å². The number of rotatable bonds is 5. The molecule has 3 rings (SSSR count). The van der Waals surface area contributed by atoms with E-state index in [1.54, 1.807) is 7.11 Å². The first kappa shape index (κ1) is 14.0. The normalized spacial score (nSPS) is 10.8. The van der Waals surface area contributed by atoms with Crippen molar-refractivity contribution in [1.82, 2.24) is 19.8 Å². The first-order chi connectivity index (χ1) is 10.3. The highest BCUT2D eigenvalue weighted by atomic mass is 32.2. The van der Waals surface area contributed by atoms with Crippen LogP contribution in [0.4, 0.5) is 0 Å². The van der Waals surface area contributed by atoms with Gasteiger partial charge in [-0.15, -0.1) is 15.3 Å². The molecule has 0 saturated heterocycles. The summed E-state index contributed by atoms with van der Waals surface area (Å²) in [6.07, 6.45) is 0. The average molecular weight is 320 g/mol. The fraction of sp³-hybridized carbons (Fsp3) is 0.231. The first-order valence-electron chi connectivity index (χ1n) is 6.15. The third kappa shape index (κ3) is 3.22. The third-order valence-electron chi connectivity index (χ3n) is 2.77. The second-order valence-corrected chi connectivity index (χ2v) is 5.88. The van der Waals surface area contributed by atoms with E-state index >= 15 is 0 Å². The van der Waals surface area contributed by atoms with Gasteiger partial charge in [-0.2, -0.15) is 0 Å². The van der Waals surface area contributed by atoms with Gasteiger partial charge in [0, 0.05) is 5.75 Å². The molecule has 0 atom stereocenters. The molecule has 1 aromatic carbocycles. The molecule has 0 unspecified atom stereocenters. The minimum absolute atomic E-state index is 0.472. The van der Waals surface area contributed by atoms with Gasteiger partial charge in [0.05, 0.1) is 12.8 Å². The van der Waals surface area contributed by atoms with Gasteiger partial charge in [0.1, 0.15) is 10.6 Å². The Morgan fingerprint density at radius 3 is 2.67 bits per heavy atom. The molecule has 0 fully saturated rings. The predicted octanol–water partition coefficient (Wildman–Crippen LogP) is 3.20. The van der Waals surface area contributed by atoms with Crippen molar-refractivity contribution in [2.75, 3.05) is 7.11 Å². The number of benzene rings is 1. The lowest BCUT2D eigenvalue weighted by Gasteiger charge is -2.01. The van der Waals surface area contributed by atoms with Crippen LogP contribution in [0.2, 0.25) is 0 Å². The SMILES string of the molecule is COc1ccc(CSc2nnc(-c3snnc3C)o2)cc1. The van der Waals surface area contributed by atoms with Crippen LogP contribution < -0.4 is 4.74 Å². The van der Waals surface area contributed by atoms with E-state index in [2.05, 4.69) is 19.8 Å². The summed E-state index contributed by atoms with van der Waals surface area (Å²) in [5, 5.41) is 12.5. The number of ether oxygens (including phenoxy) is 1. The van der Waals surface area contributed by atoms with Crippen LogP contribution >= 0.6 is 23.3 Å². The summed E-state index contributed by atoms with van der Waals surface area (Å²) in [5.41, 5.74) is 1.96. The summed E-state index contributed by atoms with van der Waals surface area (Å²) in [6, 6.07) is 7.89. The first-order valence-corrected chi connectivity index (χ1v) is 7.90. The van der Waals surface area contributed by atoms with Crippen LogP contribution in [0.5, 0.6) is 5.75 Å². The van der Waals surface area contributed by atoms with E-state index in [9.17, 15) is 0 Å². The molecule has 0 aliphatic carbocycles. The molecule has 0 amide bonds. The second-order valence-electron chi connectivity index (χ2n) is 4.20. The van der Waals surface area contributed by atoms with Gasteiger partial charge in [0.2, 0.25) is 0 Å². The van der Waals surface area contributed by atoms with Gasteiger partial charge < -0.3 is 9.15 Å². The van der Waals surface area contributed by atoms with E-state index in [1.165, 1.54) is 23.3 Å². The van der Waals surface area contributed by atoms with Crippen molar-refractivity contribution in [3.63, 3.8) is 0 Å². The van der Waals surface area contributed by atoms with Crippen LogP contribution in [0, 0.1) is 6.92 Å². The van der Waals surface area contributed by atoms with Gasteiger partial charge >= 0.3 is 0 Å². The highest BCUT2D eigenvalue weighted by Crippen LogP contribution is 2.28. The van der Waals surface area contributed by atoms with Crippen molar-refractivity contribution in [1.29, 1.82) is 0 Å². The summed E-state index contributed by atoms with van der Waals surface area (Å²) < 4.78 is 14.6. The van der Waals surface area contributed by atoms with Crippen LogP contribution in [0.3, 0.4) is 0 Å². The van der Waals surface area contributed by atoms with Crippen molar-refractivity contribution >= 4 is 23.3 Å². The smallest absolute Gasteiger partial charge is 0.277 e. The fourth-order valence-electron chi connectivity index (χ4n) is 1.65. The zero-order valence-electron chi connectivity index (χ0n) is 11.4. The molecule has 0 spiro atoms. The van der Waals surface area contributed by atoms with Crippen LogP contribution in [0.1, 0.15) is 11.3 Å². The molecule has 3 aromatic rings. The number of thioether (sulfide) groups is 1. The fourth-order valence-corrected chi connectivity index (χ4v) is 2.95. The zero-order valence-corrected chi connectivity index (χ0v) is 13.1. The molecule has 108 valence electrons. The lowest BCUT2D eigenvalue weighted by molar-refractivity contribution is 0.414. The number of hydrogen-bond acceptors (Lipinski definition) is 8. The molecule has 0 N–H and O–H groups in total. The quantitative estimate of drug-likeness (QED) is 0.668. The maximum atomic E-state index is 5.62. The Hall–Kier alpha value is -1.93. The average Bonchev–Trinajstić information content (AvgIpc) is 3.14. The maximum Gasteiger partial charge on any atom is 0.277 e. The highest BCUT2D eigenvalue weighted by molar-refractivity contribution is 7.98. The second kappa shape index (κ2) is 6.23. The molecule has 8 heteroatoms. The lowest BCUT2D eigenvalue weighted by atomic mass is 10.2. The summed E-state index contributed by atoms with van der Waals surface area (Å²) in [4.78, 5) is 0.818. The van der Waals surface area contributed by atoms with E-state index in [1.807, 2.05) is 31.2 Å². The summed E-state index contributed by atoms with van der Waals surface area (Å²) in [5.74, 6) is 2.07. The number of nitrogens with zero attached hydrogens (tertiary/aromatic N) is 4. The molecule has 0 saturated carbocycles. The molecule has 0 bridgehead atoms. The standard InChI is InChI=1S/C13H12N4O2S2/c1-8-11(21-17-14-8)12-15-16-13(19-12)20-7-9-3-5-10(18-2)6-4-9/h3-6H,7H2,1-2H3. The van der Waals surface area contributed by atoms with Crippen molar-refractivity contribution in [2.24, 2.45) is 0 Å². The van der Waals surface area contributed by atoms with Gasteiger partial charge in [0.25, 0.3) is 11.1 Å². The third-order valence-corrected chi connectivity index (χ3v) is 4.48. The maximum absolute atomic E-state index is 5.62. The molecule has 6 nitrogen and oxygen atoms in total. The predicted molar refractivity (Wildman–Crippen MR) is 80.5 cm³/mol. The summed E-state index contributed by atoms with van der Waals surface area (Å²) >= 11 is 2.75. The molecule has 21 heavy (non-hydrogen) atoms. The number of methoxy groups -OCH3 is 1. The Morgan fingerprint density at radius 1 is 1.19 bits per heavy atom. The number of aryl methyl sites for hydroxylation is 1. The van der Waals surface area contributed by atoms with Crippen molar-refractivity contribution in [2.45, 2.75) is 17.9 Å². The van der Waals surface area contributed by atoms with E-state index < -0.39 is 0 Å². The molecule has 0 radical (unpaired) electrons. The van der Waals surface area contributed by atoms with Gasteiger partial charge in [-0.1, -0.05) is 28.4 Å². The van der Waals surface area contributed by atoms with Gasteiger partial charge in [0.15, 0.2) is 0 Å². The molecule has 2 aromatic heterocycles. The Balaban J connectivity index is 1.66. The van der Waals surface area contributed by atoms with Crippen LogP contribution in [0.25, 0.3) is 10.8 Å². The molecule has 2 heterocycles. The Morgan fingerprint density at radius 2 is 2.00 bits per heavy atom. The van der Waals surface area contributed by atoms with Crippen LogP contribution in [-0.2, 0) is 5.75 Å². The Bertz CT molecular complexity index is 724. The Labute approximate surface area is 129 Å². The van der Waals surface area contributed by atoms with E-state index in [4.69, 9.17) is 9.15 Å². The van der Waals surface area contributed by atoms with Crippen LogP contribution in [0.15, 0.2) is 33.9 Å². The van der Waals surface area contributed by atoms with Crippen molar-refractivity contribution in [3.8, 4) is 16.5 Å². The van der Waals surface area contributed by atoms with Gasteiger partial charge in [-0.25, -0.2) is 0 Å². The lowest BCUT2D eigenvalue weighted by Crippen LogP contribution is -1.84. The van der Waals surface area contributed by atoms with Crippen LogP contribution in [-0.4, -0.2) is 26.9 Å². The number of hydrogen-bond donors (Lipinski definition) is 0. The zero-order chi connectivity index (χ0) is 14.7. The van der Waals surface area contributed by atoms with Crippen molar-refractivity contribution < 1.29 is 9.15 Å². The minimum atomic E-state index is 0.472. The largest absolute Gasteiger partial charge is 0.497 e. The minimum Gasteiger partial charge on any atom is -0.497 e. The van der Waals surface area contributed by atoms with Crippen molar-refractivity contribution in [3.05, 3.63) is 35.5 Å². The molecule has 0 aliphatic heterocycles. The number of aromatic nitrogens is 4. The summed E-state index contributed by atoms with van der Waals surface area (Å²) in [6.45, 7) is 1.87. The topological polar surface area (TPSA) is 73.9 Å². The Kier molecular flexibility index (Phi) is 4.16. The van der Waals surface area contributed by atoms with E-state index in [0.717, 1.165) is 27.6 Å². The molecule has 0 aliphatic rings. The monoisotopic (exact) mass is 320 g/mol. The molecular formula is C13H12N4O2S2. The van der Waals surface area contributed by atoms with Gasteiger partial charge in [-0.05, 0) is 36.2 Å². The van der Waals surface area contributed by atoms with E-state index in [0.29, 0.717) is 11.1 Å².